The van der Waals surface area contributed by atoms with Gasteiger partial charge in [0.05, 0.1) is 39.8 Å². The molecule has 3 rings (SSSR count). The molecule has 0 bridgehead atoms. The minimum Gasteiger partial charge on any atom is -0.358 e. The molecule has 0 saturated heterocycles. The molecule has 0 atom stereocenters. The SMILES string of the molecule is BrN1C=CNc2cccc(NC3=NCCN3)c21. The van der Waals surface area contributed by atoms with E-state index in [9.17, 15) is 0 Å². The smallest absolute Gasteiger partial charge is 0.195 e. The van der Waals surface area contributed by atoms with Gasteiger partial charge in [-0.3, -0.25) is 8.92 Å². The fourth-order valence-corrected chi connectivity index (χ4v) is 2.37. The zero-order valence-corrected chi connectivity index (χ0v) is 10.7. The van der Waals surface area contributed by atoms with Crippen molar-refractivity contribution in [2.45, 2.75) is 0 Å². The van der Waals surface area contributed by atoms with Gasteiger partial charge in [-0.1, -0.05) is 6.07 Å². The molecule has 0 spiro atoms. The lowest BCUT2D eigenvalue weighted by Gasteiger charge is -2.24. The third-order valence-corrected chi connectivity index (χ3v) is 3.21. The van der Waals surface area contributed by atoms with Gasteiger partial charge in [0, 0.05) is 18.9 Å². The van der Waals surface area contributed by atoms with Crippen molar-refractivity contribution >= 4 is 39.2 Å². The molecule has 17 heavy (non-hydrogen) atoms. The Hall–Kier alpha value is -1.69. The van der Waals surface area contributed by atoms with Crippen LogP contribution in [0, 0.1) is 0 Å². The van der Waals surface area contributed by atoms with Crippen LogP contribution in [0.4, 0.5) is 17.1 Å². The Bertz CT molecular complexity index is 497. The van der Waals surface area contributed by atoms with Gasteiger partial charge in [0.25, 0.3) is 0 Å². The van der Waals surface area contributed by atoms with Crippen LogP contribution >= 0.6 is 16.1 Å². The van der Waals surface area contributed by atoms with Crippen LogP contribution in [-0.4, -0.2) is 19.0 Å². The highest BCUT2D eigenvalue weighted by atomic mass is 79.9. The lowest BCUT2D eigenvalue weighted by atomic mass is 10.2. The maximum absolute atomic E-state index is 4.33. The van der Waals surface area contributed by atoms with E-state index in [4.69, 9.17) is 0 Å². The van der Waals surface area contributed by atoms with Crippen molar-refractivity contribution in [3.63, 3.8) is 0 Å². The molecule has 3 N–H and O–H groups in total. The van der Waals surface area contributed by atoms with Gasteiger partial charge >= 0.3 is 0 Å². The molecule has 0 radical (unpaired) electrons. The zero-order chi connectivity index (χ0) is 11.7. The summed E-state index contributed by atoms with van der Waals surface area (Å²) in [5.74, 6) is 0.828. The quantitative estimate of drug-likeness (QED) is 0.694. The number of anilines is 3. The minimum absolute atomic E-state index is 0.827. The summed E-state index contributed by atoms with van der Waals surface area (Å²) in [6.45, 7) is 1.72. The van der Waals surface area contributed by atoms with Crippen LogP contribution < -0.4 is 19.9 Å². The number of guanidine groups is 1. The lowest BCUT2D eigenvalue weighted by Crippen LogP contribution is -2.27. The number of benzene rings is 1. The van der Waals surface area contributed by atoms with Gasteiger partial charge in [-0.25, -0.2) is 0 Å². The van der Waals surface area contributed by atoms with E-state index in [2.05, 4.69) is 37.1 Å². The van der Waals surface area contributed by atoms with Gasteiger partial charge in [-0.05, 0) is 12.1 Å². The first-order valence-electron chi connectivity index (χ1n) is 5.41. The molecule has 0 fully saturated rings. The van der Waals surface area contributed by atoms with Gasteiger partial charge in [-0.2, -0.15) is 0 Å². The van der Waals surface area contributed by atoms with Crippen LogP contribution in [0.15, 0.2) is 35.6 Å². The number of hydrogen-bond acceptors (Lipinski definition) is 5. The van der Waals surface area contributed by atoms with Crippen molar-refractivity contribution in [3.8, 4) is 0 Å². The van der Waals surface area contributed by atoms with Crippen LogP contribution in [-0.2, 0) is 0 Å². The summed E-state index contributed by atoms with van der Waals surface area (Å²) < 4.78 is 1.90. The number of para-hydroxylation sites is 1. The van der Waals surface area contributed by atoms with Crippen molar-refractivity contribution < 1.29 is 0 Å². The average molecular weight is 294 g/mol. The molecule has 2 aliphatic rings. The Morgan fingerprint density at radius 1 is 1.41 bits per heavy atom. The predicted octanol–water partition coefficient (Wildman–Crippen LogP) is 2.07. The second-order valence-electron chi connectivity index (χ2n) is 3.76. The maximum Gasteiger partial charge on any atom is 0.195 e. The molecular formula is C11H12BrN5. The number of hydrogen-bond donors (Lipinski definition) is 3. The summed E-state index contributed by atoms with van der Waals surface area (Å²) in [7, 11) is 0. The van der Waals surface area contributed by atoms with Crippen molar-refractivity contribution in [2.24, 2.45) is 4.99 Å². The number of rotatable bonds is 1. The topological polar surface area (TPSA) is 51.7 Å². The first kappa shape index (κ1) is 10.5. The summed E-state index contributed by atoms with van der Waals surface area (Å²) in [5, 5.41) is 9.69. The Balaban J connectivity index is 1.95. The van der Waals surface area contributed by atoms with E-state index in [1.165, 1.54) is 0 Å². The first-order chi connectivity index (χ1) is 8.34. The first-order valence-corrected chi connectivity index (χ1v) is 6.12. The number of aliphatic imine (C=N–C) groups is 1. The van der Waals surface area contributed by atoms with Crippen LogP contribution in [0.2, 0.25) is 0 Å². The van der Waals surface area contributed by atoms with Crippen LogP contribution in [0.25, 0.3) is 0 Å². The lowest BCUT2D eigenvalue weighted by molar-refractivity contribution is 0.959. The van der Waals surface area contributed by atoms with Crippen LogP contribution in [0.1, 0.15) is 0 Å². The fourth-order valence-electron chi connectivity index (χ4n) is 1.87. The number of nitrogens with one attached hydrogen (secondary N) is 3. The Morgan fingerprint density at radius 3 is 3.18 bits per heavy atom. The third-order valence-electron chi connectivity index (χ3n) is 2.62. The van der Waals surface area contributed by atoms with Crippen molar-refractivity contribution in [2.75, 3.05) is 27.6 Å². The molecule has 2 aliphatic heterocycles. The summed E-state index contributed by atoms with van der Waals surface area (Å²) >= 11 is 3.49. The van der Waals surface area contributed by atoms with E-state index < -0.39 is 0 Å². The predicted molar refractivity (Wildman–Crippen MR) is 74.5 cm³/mol. The minimum atomic E-state index is 0.827. The van der Waals surface area contributed by atoms with Gasteiger partial charge in [-0.15, -0.1) is 0 Å². The Kier molecular flexibility index (Phi) is 2.64. The van der Waals surface area contributed by atoms with Crippen molar-refractivity contribution in [3.05, 3.63) is 30.6 Å². The highest BCUT2D eigenvalue weighted by Crippen LogP contribution is 2.38. The van der Waals surface area contributed by atoms with E-state index in [0.717, 1.165) is 36.1 Å². The number of halogens is 1. The molecule has 0 saturated carbocycles. The van der Waals surface area contributed by atoms with E-state index in [1.54, 1.807) is 0 Å². The summed E-state index contributed by atoms with van der Waals surface area (Å²) in [6, 6.07) is 6.06. The second-order valence-corrected chi connectivity index (χ2v) is 4.52. The molecule has 88 valence electrons. The van der Waals surface area contributed by atoms with Gasteiger partial charge in [0.2, 0.25) is 0 Å². The van der Waals surface area contributed by atoms with E-state index in [1.807, 2.05) is 34.5 Å². The molecule has 1 aromatic carbocycles. The number of fused-ring (bicyclic) bond motifs is 1. The number of nitrogens with zero attached hydrogens (tertiary/aromatic N) is 2. The fraction of sp³-hybridized carbons (Fsp3) is 0.182. The molecular weight excluding hydrogens is 282 g/mol. The van der Waals surface area contributed by atoms with Gasteiger partial charge in [0.15, 0.2) is 5.96 Å². The van der Waals surface area contributed by atoms with Gasteiger partial charge < -0.3 is 16.0 Å². The average Bonchev–Trinajstić information content (AvgIpc) is 2.82. The molecule has 0 aromatic heterocycles. The second kappa shape index (κ2) is 4.29. The van der Waals surface area contributed by atoms with Crippen LogP contribution in [0.3, 0.4) is 0 Å². The molecule has 1 aromatic rings. The van der Waals surface area contributed by atoms with E-state index in [0.29, 0.717) is 0 Å². The molecule has 0 amide bonds. The summed E-state index contributed by atoms with van der Waals surface area (Å²) in [6.07, 6.45) is 3.80. The van der Waals surface area contributed by atoms with Gasteiger partial charge in [0.1, 0.15) is 0 Å². The third kappa shape index (κ3) is 1.95. The van der Waals surface area contributed by atoms with E-state index >= 15 is 0 Å². The van der Waals surface area contributed by atoms with Crippen molar-refractivity contribution in [1.82, 2.24) is 5.32 Å². The van der Waals surface area contributed by atoms with E-state index in [-0.39, 0.29) is 0 Å². The zero-order valence-electron chi connectivity index (χ0n) is 9.07. The van der Waals surface area contributed by atoms with Crippen LogP contribution in [0.5, 0.6) is 0 Å². The standard InChI is InChI=1S/C11H12BrN5/c12-17-7-6-13-8-2-1-3-9(10(8)17)16-11-14-4-5-15-11/h1-3,6-7,13H,4-5H2,(H2,14,15,16). The Labute approximate surface area is 108 Å². The van der Waals surface area contributed by atoms with Crippen molar-refractivity contribution in [1.29, 1.82) is 0 Å². The monoisotopic (exact) mass is 293 g/mol. The summed E-state index contributed by atoms with van der Waals surface area (Å²) in [5.41, 5.74) is 3.10. The Morgan fingerprint density at radius 2 is 2.35 bits per heavy atom. The normalized spacial score (nSPS) is 17.0. The highest BCUT2D eigenvalue weighted by molar-refractivity contribution is 9.10. The molecule has 6 heteroatoms. The summed E-state index contributed by atoms with van der Waals surface area (Å²) in [4.78, 5) is 4.33. The molecule has 0 unspecified atom stereocenters. The highest BCUT2D eigenvalue weighted by Gasteiger charge is 2.16. The molecule has 5 nitrogen and oxygen atoms in total. The molecule has 0 aliphatic carbocycles. The molecule has 2 heterocycles. The largest absolute Gasteiger partial charge is 0.358 e. The maximum atomic E-state index is 4.33.